The highest BCUT2D eigenvalue weighted by atomic mass is 79.9. The number of benzene rings is 2. The van der Waals surface area contributed by atoms with Gasteiger partial charge in [0.1, 0.15) is 11.5 Å². The first kappa shape index (κ1) is 22.3. The fourth-order valence-electron chi connectivity index (χ4n) is 4.33. The van der Waals surface area contributed by atoms with E-state index in [1.54, 1.807) is 14.2 Å². The summed E-state index contributed by atoms with van der Waals surface area (Å²) in [4.78, 5) is 20.1. The van der Waals surface area contributed by atoms with E-state index < -0.39 is 0 Å². The Kier molecular flexibility index (Phi) is 6.51. The molecule has 0 atom stereocenters. The van der Waals surface area contributed by atoms with Crippen LogP contribution in [-0.4, -0.2) is 36.6 Å². The van der Waals surface area contributed by atoms with Crippen molar-refractivity contribution >= 4 is 21.8 Å². The van der Waals surface area contributed by atoms with Crippen LogP contribution in [0, 0.1) is 13.8 Å². The number of nitrogens with zero attached hydrogens (tertiary/aromatic N) is 2. The quantitative estimate of drug-likeness (QED) is 0.426. The molecule has 2 heterocycles. The summed E-state index contributed by atoms with van der Waals surface area (Å²) in [6.07, 6.45) is 0.799. The minimum Gasteiger partial charge on any atom is -0.497 e. The van der Waals surface area contributed by atoms with Crippen molar-refractivity contribution in [3.05, 3.63) is 76.1 Å². The Hall–Kier alpha value is -2.86. The number of pyridine rings is 1. The smallest absolute Gasteiger partial charge is 0.254 e. The number of aryl methyl sites for hydroxylation is 2. The number of rotatable bonds is 6. The highest BCUT2D eigenvalue weighted by molar-refractivity contribution is 9.08. The molecule has 0 saturated heterocycles. The molecule has 166 valence electrons. The van der Waals surface area contributed by atoms with Gasteiger partial charge in [0.25, 0.3) is 5.91 Å². The van der Waals surface area contributed by atoms with Crippen LogP contribution >= 0.6 is 15.9 Å². The van der Waals surface area contributed by atoms with Crippen molar-refractivity contribution in [2.75, 3.05) is 20.8 Å². The van der Waals surface area contributed by atoms with E-state index in [0.29, 0.717) is 18.4 Å². The lowest BCUT2D eigenvalue weighted by Crippen LogP contribution is -2.37. The molecule has 1 aliphatic rings. The molecule has 0 N–H and O–H groups in total. The van der Waals surface area contributed by atoms with Crippen LogP contribution in [0.25, 0.3) is 11.1 Å². The molecule has 1 aromatic heterocycles. The molecule has 1 aliphatic heterocycles. The van der Waals surface area contributed by atoms with Gasteiger partial charge in [0.05, 0.1) is 14.2 Å². The molecule has 3 aromatic rings. The highest BCUT2D eigenvalue weighted by Gasteiger charge is 2.28. The summed E-state index contributed by atoms with van der Waals surface area (Å²) in [6, 6.07) is 14.1. The summed E-state index contributed by atoms with van der Waals surface area (Å²) < 4.78 is 10.8. The second-order valence-electron chi connectivity index (χ2n) is 8.09. The van der Waals surface area contributed by atoms with Crippen molar-refractivity contribution in [2.45, 2.75) is 32.1 Å². The third-order valence-electron chi connectivity index (χ3n) is 5.91. The minimum absolute atomic E-state index is 0.0508. The second-order valence-corrected chi connectivity index (χ2v) is 8.65. The standard InChI is InChI=1S/C26H27BrN2O3/c1-16-5-6-22(17(2)28-16)24-11-18(14-27)12-25-23(24)7-8-29(26(25)30)15-19-9-20(31-3)13-21(10-19)32-4/h5-6,9-13H,7-8,14-15H2,1-4H3. The van der Waals surface area contributed by atoms with Gasteiger partial charge in [0.2, 0.25) is 0 Å². The Balaban J connectivity index is 1.72. The Morgan fingerprint density at radius 1 is 0.938 bits per heavy atom. The number of aromatic nitrogens is 1. The first-order valence-corrected chi connectivity index (χ1v) is 11.7. The van der Waals surface area contributed by atoms with Crippen molar-refractivity contribution in [2.24, 2.45) is 0 Å². The fourth-order valence-corrected chi connectivity index (χ4v) is 4.65. The van der Waals surface area contributed by atoms with E-state index in [9.17, 15) is 4.79 Å². The lowest BCUT2D eigenvalue weighted by molar-refractivity contribution is 0.0727. The molecule has 0 bridgehead atoms. The maximum atomic E-state index is 13.6. The second kappa shape index (κ2) is 9.33. The van der Waals surface area contributed by atoms with Gasteiger partial charge in [-0.1, -0.05) is 22.0 Å². The van der Waals surface area contributed by atoms with E-state index in [-0.39, 0.29) is 5.91 Å². The van der Waals surface area contributed by atoms with Crippen LogP contribution in [0.4, 0.5) is 0 Å². The number of hydrogen-bond donors (Lipinski definition) is 0. The van der Waals surface area contributed by atoms with E-state index in [1.807, 2.05) is 49.1 Å². The first-order valence-electron chi connectivity index (χ1n) is 10.6. The van der Waals surface area contributed by atoms with E-state index in [0.717, 1.165) is 62.7 Å². The first-order chi connectivity index (χ1) is 15.4. The lowest BCUT2D eigenvalue weighted by Gasteiger charge is -2.31. The average Bonchev–Trinajstić information content (AvgIpc) is 2.80. The third kappa shape index (κ3) is 4.37. The summed E-state index contributed by atoms with van der Waals surface area (Å²) in [5.41, 5.74) is 8.12. The summed E-state index contributed by atoms with van der Waals surface area (Å²) in [6.45, 7) is 5.19. The molecule has 5 nitrogen and oxygen atoms in total. The van der Waals surface area contributed by atoms with Gasteiger partial charge in [0, 0.05) is 47.0 Å². The number of amides is 1. The molecule has 0 fully saturated rings. The third-order valence-corrected chi connectivity index (χ3v) is 6.56. The lowest BCUT2D eigenvalue weighted by atomic mass is 9.88. The number of carbonyl (C=O) groups excluding carboxylic acids is 1. The molecule has 0 spiro atoms. The van der Waals surface area contributed by atoms with Crippen LogP contribution in [0.5, 0.6) is 11.5 Å². The van der Waals surface area contributed by atoms with Crippen LogP contribution in [0.1, 0.15) is 38.4 Å². The van der Waals surface area contributed by atoms with Crippen LogP contribution in [-0.2, 0) is 18.3 Å². The maximum absolute atomic E-state index is 13.6. The van der Waals surface area contributed by atoms with Gasteiger partial charge in [-0.05, 0) is 72.9 Å². The molecule has 32 heavy (non-hydrogen) atoms. The largest absolute Gasteiger partial charge is 0.497 e. The maximum Gasteiger partial charge on any atom is 0.254 e. The van der Waals surface area contributed by atoms with E-state index in [1.165, 1.54) is 0 Å². The van der Waals surface area contributed by atoms with Gasteiger partial charge < -0.3 is 14.4 Å². The van der Waals surface area contributed by atoms with Gasteiger partial charge >= 0.3 is 0 Å². The Bertz CT molecular complexity index is 1150. The molecule has 0 saturated carbocycles. The van der Waals surface area contributed by atoms with Gasteiger partial charge in [-0.15, -0.1) is 0 Å². The zero-order valence-electron chi connectivity index (χ0n) is 18.9. The average molecular weight is 495 g/mol. The van der Waals surface area contributed by atoms with Crippen molar-refractivity contribution < 1.29 is 14.3 Å². The van der Waals surface area contributed by atoms with E-state index in [2.05, 4.69) is 33.0 Å². The van der Waals surface area contributed by atoms with Crippen molar-refractivity contribution in [1.29, 1.82) is 0 Å². The predicted octanol–water partition coefficient (Wildman–Crippen LogP) is 5.48. The number of fused-ring (bicyclic) bond motifs is 1. The number of carbonyl (C=O) groups is 1. The monoisotopic (exact) mass is 494 g/mol. The number of hydrogen-bond acceptors (Lipinski definition) is 4. The molecule has 0 radical (unpaired) electrons. The van der Waals surface area contributed by atoms with Crippen LogP contribution in [0.15, 0.2) is 42.5 Å². The topological polar surface area (TPSA) is 51.7 Å². The molecule has 6 heteroatoms. The van der Waals surface area contributed by atoms with Crippen molar-refractivity contribution in [1.82, 2.24) is 9.88 Å². The summed E-state index contributed by atoms with van der Waals surface area (Å²) >= 11 is 3.57. The Morgan fingerprint density at radius 3 is 2.25 bits per heavy atom. The number of methoxy groups -OCH3 is 2. The van der Waals surface area contributed by atoms with E-state index in [4.69, 9.17) is 9.47 Å². The van der Waals surface area contributed by atoms with E-state index >= 15 is 0 Å². The van der Waals surface area contributed by atoms with Gasteiger partial charge in [0.15, 0.2) is 0 Å². The molecular formula is C26H27BrN2O3. The SMILES string of the molecule is COc1cc(CN2CCc3c(cc(CBr)cc3-c3ccc(C)nc3C)C2=O)cc(OC)c1. The molecule has 2 aromatic carbocycles. The number of ether oxygens (including phenoxy) is 2. The van der Waals surface area contributed by atoms with Crippen LogP contribution in [0.2, 0.25) is 0 Å². The van der Waals surface area contributed by atoms with Crippen LogP contribution < -0.4 is 9.47 Å². The molecule has 4 rings (SSSR count). The van der Waals surface area contributed by atoms with Crippen LogP contribution in [0.3, 0.4) is 0 Å². The van der Waals surface area contributed by atoms with Gasteiger partial charge in [-0.25, -0.2) is 0 Å². The number of halogens is 1. The highest BCUT2D eigenvalue weighted by Crippen LogP contribution is 2.34. The predicted molar refractivity (Wildman–Crippen MR) is 130 cm³/mol. The Labute approximate surface area is 197 Å². The fraction of sp³-hybridized carbons (Fsp3) is 0.308. The minimum atomic E-state index is 0.0508. The summed E-state index contributed by atoms with van der Waals surface area (Å²) in [7, 11) is 3.26. The summed E-state index contributed by atoms with van der Waals surface area (Å²) in [5, 5.41) is 0.686. The normalized spacial score (nSPS) is 13.2. The number of alkyl halides is 1. The zero-order valence-corrected chi connectivity index (χ0v) is 20.5. The van der Waals surface area contributed by atoms with Gasteiger partial charge in [-0.2, -0.15) is 0 Å². The molecule has 1 amide bonds. The zero-order chi connectivity index (χ0) is 22.8. The molecular weight excluding hydrogens is 468 g/mol. The van der Waals surface area contributed by atoms with Crippen molar-refractivity contribution in [3.63, 3.8) is 0 Å². The van der Waals surface area contributed by atoms with Crippen molar-refractivity contribution in [3.8, 4) is 22.6 Å². The van der Waals surface area contributed by atoms with Gasteiger partial charge in [-0.3, -0.25) is 9.78 Å². The Morgan fingerprint density at radius 2 is 1.62 bits per heavy atom. The molecule has 0 aliphatic carbocycles. The molecule has 0 unspecified atom stereocenters. The summed E-state index contributed by atoms with van der Waals surface area (Å²) in [5.74, 6) is 1.49.